The Labute approximate surface area is 111 Å². The molecule has 1 fully saturated rings. The summed E-state index contributed by atoms with van der Waals surface area (Å²) in [5, 5.41) is 3.63. The van der Waals surface area contributed by atoms with Crippen LogP contribution in [0, 0.1) is 19.8 Å². The van der Waals surface area contributed by atoms with Crippen molar-refractivity contribution in [3.63, 3.8) is 0 Å². The number of hydrogen-bond donors (Lipinski definition) is 2. The molecule has 0 aromatic heterocycles. The first-order chi connectivity index (χ1) is 8.72. The Bertz CT molecular complexity index is 383. The summed E-state index contributed by atoms with van der Waals surface area (Å²) in [4.78, 5) is 0. The predicted molar refractivity (Wildman–Crippen MR) is 77.7 cm³/mol. The minimum absolute atomic E-state index is 0.310. The van der Waals surface area contributed by atoms with Crippen LogP contribution in [0.2, 0.25) is 0 Å². The van der Waals surface area contributed by atoms with Gasteiger partial charge in [-0.05, 0) is 49.4 Å². The molecule has 18 heavy (non-hydrogen) atoms. The van der Waals surface area contributed by atoms with Gasteiger partial charge in [-0.25, -0.2) is 0 Å². The molecular formula is C16H26N2. The number of hydrogen-bond acceptors (Lipinski definition) is 2. The highest BCUT2D eigenvalue weighted by atomic mass is 14.9. The molecule has 0 amide bonds. The van der Waals surface area contributed by atoms with Crippen molar-refractivity contribution in [2.24, 2.45) is 11.7 Å². The summed E-state index contributed by atoms with van der Waals surface area (Å²) in [6.07, 6.45) is 5.60. The molecule has 1 atom stereocenters. The summed E-state index contributed by atoms with van der Waals surface area (Å²) in [5.74, 6) is 0.967. The van der Waals surface area contributed by atoms with Crippen LogP contribution < -0.4 is 11.1 Å². The van der Waals surface area contributed by atoms with Crippen molar-refractivity contribution in [1.82, 2.24) is 5.32 Å². The average molecular weight is 246 g/mol. The summed E-state index contributed by atoms with van der Waals surface area (Å²) >= 11 is 0. The maximum absolute atomic E-state index is 5.92. The molecule has 100 valence electrons. The molecule has 2 rings (SSSR count). The van der Waals surface area contributed by atoms with Crippen molar-refractivity contribution >= 4 is 0 Å². The van der Waals surface area contributed by atoms with E-state index in [0.29, 0.717) is 12.6 Å². The van der Waals surface area contributed by atoms with Gasteiger partial charge in [0.25, 0.3) is 0 Å². The van der Waals surface area contributed by atoms with Gasteiger partial charge in [0.05, 0.1) is 0 Å². The lowest BCUT2D eigenvalue weighted by molar-refractivity contribution is 0.288. The van der Waals surface area contributed by atoms with Gasteiger partial charge in [-0.15, -0.1) is 0 Å². The smallest absolute Gasteiger partial charge is 0.0447 e. The quantitative estimate of drug-likeness (QED) is 0.809. The molecule has 2 heteroatoms. The number of aryl methyl sites for hydroxylation is 1. The van der Waals surface area contributed by atoms with Crippen LogP contribution in [-0.2, 0) is 0 Å². The third-order valence-electron chi connectivity index (χ3n) is 4.43. The van der Waals surface area contributed by atoms with E-state index in [1.807, 2.05) is 0 Å². The van der Waals surface area contributed by atoms with Crippen LogP contribution in [0.25, 0.3) is 0 Å². The molecule has 0 heterocycles. The Morgan fingerprint density at radius 2 is 2.11 bits per heavy atom. The second kappa shape index (κ2) is 6.35. The molecular weight excluding hydrogens is 220 g/mol. The lowest BCUT2D eigenvalue weighted by Crippen LogP contribution is -2.31. The van der Waals surface area contributed by atoms with Crippen LogP contribution in [-0.4, -0.2) is 13.1 Å². The second-order valence-electron chi connectivity index (χ2n) is 5.62. The van der Waals surface area contributed by atoms with Gasteiger partial charge < -0.3 is 11.1 Å². The third-order valence-corrected chi connectivity index (χ3v) is 4.43. The van der Waals surface area contributed by atoms with E-state index in [1.54, 1.807) is 0 Å². The van der Waals surface area contributed by atoms with Gasteiger partial charge in [-0.3, -0.25) is 0 Å². The molecule has 0 bridgehead atoms. The molecule has 1 aromatic rings. The number of nitrogens with two attached hydrogens (primary N) is 1. The van der Waals surface area contributed by atoms with E-state index < -0.39 is 0 Å². The SMILES string of the molecule is Cc1cccc(C(CN)NCCC2CCC2)c1C. The van der Waals surface area contributed by atoms with Crippen LogP contribution in [0.5, 0.6) is 0 Å². The van der Waals surface area contributed by atoms with E-state index in [-0.39, 0.29) is 0 Å². The molecule has 1 saturated carbocycles. The first-order valence-electron chi connectivity index (χ1n) is 7.22. The first kappa shape index (κ1) is 13.6. The van der Waals surface area contributed by atoms with Crippen molar-refractivity contribution in [3.05, 3.63) is 34.9 Å². The molecule has 1 unspecified atom stereocenters. The Morgan fingerprint density at radius 3 is 2.72 bits per heavy atom. The van der Waals surface area contributed by atoms with E-state index >= 15 is 0 Å². The van der Waals surface area contributed by atoms with Crippen molar-refractivity contribution in [1.29, 1.82) is 0 Å². The van der Waals surface area contributed by atoms with Gasteiger partial charge in [0.2, 0.25) is 0 Å². The zero-order chi connectivity index (χ0) is 13.0. The normalized spacial score (nSPS) is 17.5. The van der Waals surface area contributed by atoms with Crippen LogP contribution in [0.4, 0.5) is 0 Å². The van der Waals surface area contributed by atoms with Crippen LogP contribution in [0.15, 0.2) is 18.2 Å². The number of rotatable bonds is 6. The fourth-order valence-corrected chi connectivity index (χ4v) is 2.71. The zero-order valence-electron chi connectivity index (χ0n) is 11.7. The molecule has 2 nitrogen and oxygen atoms in total. The van der Waals surface area contributed by atoms with Gasteiger partial charge >= 0.3 is 0 Å². The van der Waals surface area contributed by atoms with Crippen LogP contribution in [0.1, 0.15) is 48.4 Å². The van der Waals surface area contributed by atoms with Gasteiger partial charge in [0.1, 0.15) is 0 Å². The lowest BCUT2D eigenvalue weighted by Gasteiger charge is -2.27. The highest BCUT2D eigenvalue weighted by Gasteiger charge is 2.18. The van der Waals surface area contributed by atoms with E-state index in [1.165, 1.54) is 42.4 Å². The van der Waals surface area contributed by atoms with Crippen LogP contribution >= 0.6 is 0 Å². The van der Waals surface area contributed by atoms with Crippen molar-refractivity contribution < 1.29 is 0 Å². The van der Waals surface area contributed by atoms with E-state index in [2.05, 4.69) is 37.4 Å². The fraction of sp³-hybridized carbons (Fsp3) is 0.625. The van der Waals surface area contributed by atoms with Crippen LogP contribution in [0.3, 0.4) is 0 Å². The summed E-state index contributed by atoms with van der Waals surface area (Å²) in [5.41, 5.74) is 10.0. The summed E-state index contributed by atoms with van der Waals surface area (Å²) in [7, 11) is 0. The minimum atomic E-state index is 0.310. The van der Waals surface area contributed by atoms with Crippen molar-refractivity contribution in [2.45, 2.75) is 45.6 Å². The lowest BCUT2D eigenvalue weighted by atomic mass is 9.83. The molecule has 0 radical (unpaired) electrons. The maximum atomic E-state index is 5.92. The van der Waals surface area contributed by atoms with Crippen molar-refractivity contribution in [3.8, 4) is 0 Å². The highest BCUT2D eigenvalue weighted by Crippen LogP contribution is 2.29. The largest absolute Gasteiger partial charge is 0.329 e. The molecule has 1 aromatic carbocycles. The molecule has 0 saturated heterocycles. The van der Waals surface area contributed by atoms with E-state index in [0.717, 1.165) is 12.5 Å². The molecule has 0 spiro atoms. The summed E-state index contributed by atoms with van der Waals surface area (Å²) in [6, 6.07) is 6.82. The summed E-state index contributed by atoms with van der Waals surface area (Å²) < 4.78 is 0. The van der Waals surface area contributed by atoms with E-state index in [9.17, 15) is 0 Å². The standard InChI is InChI=1S/C16H26N2/c1-12-5-3-8-15(13(12)2)16(11-17)18-10-9-14-6-4-7-14/h3,5,8,14,16,18H,4,6-7,9-11,17H2,1-2H3. The average Bonchev–Trinajstić information content (AvgIpc) is 2.31. The minimum Gasteiger partial charge on any atom is -0.329 e. The van der Waals surface area contributed by atoms with E-state index in [4.69, 9.17) is 5.73 Å². The van der Waals surface area contributed by atoms with Gasteiger partial charge in [-0.2, -0.15) is 0 Å². The summed E-state index contributed by atoms with van der Waals surface area (Å²) in [6.45, 7) is 6.14. The molecule has 1 aliphatic carbocycles. The topological polar surface area (TPSA) is 38.0 Å². The maximum Gasteiger partial charge on any atom is 0.0447 e. The van der Waals surface area contributed by atoms with Gasteiger partial charge in [0, 0.05) is 12.6 Å². The Balaban J connectivity index is 1.92. The van der Waals surface area contributed by atoms with Gasteiger partial charge in [0.15, 0.2) is 0 Å². The van der Waals surface area contributed by atoms with Gasteiger partial charge in [-0.1, -0.05) is 37.5 Å². The monoisotopic (exact) mass is 246 g/mol. The molecule has 1 aliphatic rings. The fourth-order valence-electron chi connectivity index (χ4n) is 2.71. The van der Waals surface area contributed by atoms with Crippen molar-refractivity contribution in [2.75, 3.05) is 13.1 Å². The second-order valence-corrected chi connectivity index (χ2v) is 5.62. The third kappa shape index (κ3) is 3.12. The Kier molecular flexibility index (Phi) is 4.79. The molecule has 3 N–H and O–H groups in total. The Morgan fingerprint density at radius 1 is 1.33 bits per heavy atom. The zero-order valence-corrected chi connectivity index (χ0v) is 11.7. The number of benzene rings is 1. The Hall–Kier alpha value is -0.860. The first-order valence-corrected chi connectivity index (χ1v) is 7.22. The number of nitrogens with one attached hydrogen (secondary N) is 1. The predicted octanol–water partition coefficient (Wildman–Crippen LogP) is 3.08. The molecule has 0 aliphatic heterocycles. The highest BCUT2D eigenvalue weighted by molar-refractivity contribution is 5.35.